The number of hydrogen-bond donors (Lipinski definition) is 0. The number of rotatable bonds is 10. The molecule has 0 saturated heterocycles. The highest BCUT2D eigenvalue weighted by Gasteiger charge is 2.27. The van der Waals surface area contributed by atoms with Crippen LogP contribution in [0.1, 0.15) is 68.1 Å². The molecule has 0 aromatic heterocycles. The molecule has 0 radical (unpaired) electrons. The van der Waals surface area contributed by atoms with Crippen molar-refractivity contribution in [2.24, 2.45) is 0 Å². The van der Waals surface area contributed by atoms with Gasteiger partial charge in [0.15, 0.2) is 0 Å². The second kappa shape index (κ2) is 11.0. The summed E-state index contributed by atoms with van der Waals surface area (Å²) in [6.45, 7) is 3.98. The third-order valence-corrected chi connectivity index (χ3v) is 6.35. The summed E-state index contributed by atoms with van der Waals surface area (Å²) in [5.74, 6) is 7.64. The summed E-state index contributed by atoms with van der Waals surface area (Å²) < 4.78 is 11.1. The zero-order valence-corrected chi connectivity index (χ0v) is 19.5. The van der Waals surface area contributed by atoms with Gasteiger partial charge < -0.3 is 9.47 Å². The van der Waals surface area contributed by atoms with Gasteiger partial charge in [-0.1, -0.05) is 42.5 Å². The number of benzene rings is 1. The molecule has 2 aliphatic rings. The normalized spacial score (nSPS) is 17.4. The number of allylic oxidation sites excluding steroid dienone is 4. The van der Waals surface area contributed by atoms with Crippen molar-refractivity contribution >= 4 is 17.2 Å². The zero-order chi connectivity index (χ0) is 21.5. The van der Waals surface area contributed by atoms with Crippen molar-refractivity contribution in [3.8, 4) is 17.6 Å². The van der Waals surface area contributed by atoms with Crippen LogP contribution in [0.5, 0.6) is 5.75 Å². The number of ether oxygens (including phenoxy) is 2. The molecule has 1 fully saturated rings. The first-order valence-electron chi connectivity index (χ1n) is 11.0. The van der Waals surface area contributed by atoms with Crippen LogP contribution >= 0.6 is 11.6 Å². The van der Waals surface area contributed by atoms with Gasteiger partial charge in [0.25, 0.3) is 0 Å². The Morgan fingerprint density at radius 3 is 2.73 bits per heavy atom. The first-order valence-corrected chi connectivity index (χ1v) is 11.3. The largest absolute Gasteiger partial charge is 0.496 e. The molecule has 1 atom stereocenters. The Morgan fingerprint density at radius 1 is 1.23 bits per heavy atom. The smallest absolute Gasteiger partial charge is 0.122 e. The van der Waals surface area contributed by atoms with E-state index in [0.717, 1.165) is 54.3 Å². The maximum atomic E-state index is 6.72. The van der Waals surface area contributed by atoms with E-state index in [2.05, 4.69) is 55.0 Å². The van der Waals surface area contributed by atoms with Crippen molar-refractivity contribution in [2.75, 3.05) is 27.9 Å². The fraction of sp³-hybridized carbons (Fsp3) is 0.538. The molecule has 0 bridgehead atoms. The van der Waals surface area contributed by atoms with Crippen LogP contribution in [0.15, 0.2) is 29.3 Å². The highest BCUT2D eigenvalue weighted by Crippen LogP contribution is 2.38. The van der Waals surface area contributed by atoms with E-state index >= 15 is 0 Å². The third-order valence-electron chi connectivity index (χ3n) is 6.02. The van der Waals surface area contributed by atoms with Gasteiger partial charge in [-0.2, -0.15) is 0 Å². The Kier molecular flexibility index (Phi) is 8.45. The van der Waals surface area contributed by atoms with Crippen LogP contribution in [-0.4, -0.2) is 38.8 Å². The van der Waals surface area contributed by atoms with E-state index < -0.39 is 0 Å². The first-order chi connectivity index (χ1) is 14.5. The molecule has 1 unspecified atom stereocenters. The third kappa shape index (κ3) is 5.91. The molecule has 30 heavy (non-hydrogen) atoms. The van der Waals surface area contributed by atoms with Gasteiger partial charge in [0.2, 0.25) is 0 Å². The van der Waals surface area contributed by atoms with E-state index in [0.29, 0.717) is 18.4 Å². The molecule has 0 N–H and O–H groups in total. The van der Waals surface area contributed by atoms with Crippen molar-refractivity contribution in [1.29, 1.82) is 0 Å². The van der Waals surface area contributed by atoms with Gasteiger partial charge in [-0.05, 0) is 73.0 Å². The molecule has 3 rings (SSSR count). The number of halogens is 1. The van der Waals surface area contributed by atoms with E-state index in [9.17, 15) is 0 Å². The monoisotopic (exact) mass is 427 g/mol. The summed E-state index contributed by atoms with van der Waals surface area (Å²) in [5.41, 5.74) is 4.81. The maximum absolute atomic E-state index is 6.72. The summed E-state index contributed by atoms with van der Waals surface area (Å²) in [4.78, 5) is 2.46. The average Bonchev–Trinajstić information content (AvgIpc) is 3.57. The predicted molar refractivity (Wildman–Crippen MR) is 126 cm³/mol. The summed E-state index contributed by atoms with van der Waals surface area (Å²) >= 11 is 6.72. The number of methoxy groups -OCH3 is 2. The minimum atomic E-state index is 0.400. The number of hydrogen-bond acceptors (Lipinski definition) is 3. The predicted octanol–water partition coefficient (Wildman–Crippen LogP) is 6.12. The molecule has 0 spiro atoms. The summed E-state index contributed by atoms with van der Waals surface area (Å²) in [7, 11) is 5.74. The Hall–Kier alpha value is -1.73. The zero-order valence-electron chi connectivity index (χ0n) is 18.8. The van der Waals surface area contributed by atoms with Gasteiger partial charge in [-0.25, -0.2) is 0 Å². The minimum Gasteiger partial charge on any atom is -0.496 e. The molecule has 0 heterocycles. The van der Waals surface area contributed by atoms with Gasteiger partial charge in [0.05, 0.1) is 7.11 Å². The van der Waals surface area contributed by atoms with Crippen LogP contribution in [0, 0.1) is 11.8 Å². The molecule has 1 saturated carbocycles. The molecule has 0 aliphatic heterocycles. The van der Waals surface area contributed by atoms with Gasteiger partial charge in [0.1, 0.15) is 5.75 Å². The van der Waals surface area contributed by atoms with Crippen LogP contribution in [-0.2, 0) is 11.3 Å². The molecule has 2 aliphatic carbocycles. The first kappa shape index (κ1) is 22.9. The highest BCUT2D eigenvalue weighted by atomic mass is 35.5. The fourth-order valence-electron chi connectivity index (χ4n) is 4.06. The lowest BCUT2D eigenvalue weighted by atomic mass is 9.88. The summed E-state index contributed by atoms with van der Waals surface area (Å²) in [5, 5.41) is 0.803. The van der Waals surface area contributed by atoms with Crippen molar-refractivity contribution in [1.82, 2.24) is 4.90 Å². The molecule has 0 amide bonds. The van der Waals surface area contributed by atoms with Crippen molar-refractivity contribution in [3.05, 3.63) is 46.0 Å². The molecular weight excluding hydrogens is 394 g/mol. The molecule has 1 aromatic carbocycles. The standard InChI is InChI=1S/C26H34ClNO2/c1-19(10-9-15-29-3)23-16-20(18-28(2)21-13-14-21)24(17-26(23)30-4)22-11-7-5-6-8-12-25(22)27/h7,11,16-17,19,21H,5,9-10,12-15,18H2,1-4H3. The van der Waals surface area contributed by atoms with E-state index in [1.165, 1.54) is 24.0 Å². The van der Waals surface area contributed by atoms with E-state index in [4.69, 9.17) is 21.1 Å². The number of nitrogens with zero attached hydrogens (tertiary/aromatic N) is 1. The van der Waals surface area contributed by atoms with E-state index in [1.54, 1.807) is 14.2 Å². The van der Waals surface area contributed by atoms with Crippen molar-refractivity contribution < 1.29 is 9.47 Å². The molecular formula is C26H34ClNO2. The van der Waals surface area contributed by atoms with Crippen molar-refractivity contribution in [2.45, 2.75) is 64.0 Å². The van der Waals surface area contributed by atoms with E-state index in [1.807, 2.05) is 0 Å². The lowest BCUT2D eigenvalue weighted by Crippen LogP contribution is -2.21. The molecule has 3 nitrogen and oxygen atoms in total. The van der Waals surface area contributed by atoms with Crippen LogP contribution in [0.2, 0.25) is 0 Å². The van der Waals surface area contributed by atoms with Crippen LogP contribution in [0.25, 0.3) is 5.57 Å². The van der Waals surface area contributed by atoms with Crippen LogP contribution < -0.4 is 4.74 Å². The second-order valence-electron chi connectivity index (χ2n) is 8.39. The summed E-state index contributed by atoms with van der Waals surface area (Å²) in [6.07, 6.45) is 10.3. The average molecular weight is 428 g/mol. The fourth-order valence-corrected chi connectivity index (χ4v) is 4.29. The Labute approximate surface area is 187 Å². The minimum absolute atomic E-state index is 0.400. The van der Waals surface area contributed by atoms with Crippen LogP contribution in [0.3, 0.4) is 0 Å². The summed E-state index contributed by atoms with van der Waals surface area (Å²) in [6, 6.07) is 5.24. The van der Waals surface area contributed by atoms with Gasteiger partial charge in [-0.3, -0.25) is 4.90 Å². The Bertz CT molecular complexity index is 858. The molecule has 4 heteroatoms. The van der Waals surface area contributed by atoms with Gasteiger partial charge in [0, 0.05) is 44.2 Å². The second-order valence-corrected chi connectivity index (χ2v) is 8.85. The van der Waals surface area contributed by atoms with Crippen LogP contribution in [0.4, 0.5) is 0 Å². The van der Waals surface area contributed by atoms with Crippen molar-refractivity contribution in [3.63, 3.8) is 0 Å². The maximum Gasteiger partial charge on any atom is 0.122 e. The molecule has 162 valence electrons. The highest BCUT2D eigenvalue weighted by molar-refractivity contribution is 6.33. The Balaban J connectivity index is 2.03. The van der Waals surface area contributed by atoms with E-state index in [-0.39, 0.29) is 0 Å². The van der Waals surface area contributed by atoms with Gasteiger partial charge in [-0.15, -0.1) is 0 Å². The van der Waals surface area contributed by atoms with Gasteiger partial charge >= 0.3 is 0 Å². The topological polar surface area (TPSA) is 21.7 Å². The lowest BCUT2D eigenvalue weighted by Gasteiger charge is -2.24. The lowest BCUT2D eigenvalue weighted by molar-refractivity contribution is 0.191. The Morgan fingerprint density at radius 2 is 2.03 bits per heavy atom. The SMILES string of the molecule is COCCCC(C)c1cc(CN(C)C2CC2)c(C2=C(Cl)CC#CCC=C2)cc1OC. The molecule has 1 aromatic rings. The quantitative estimate of drug-likeness (QED) is 0.331.